The number of thiazole rings is 1. The molecule has 0 aliphatic rings. The van der Waals surface area contributed by atoms with Gasteiger partial charge in [-0.2, -0.15) is 0 Å². The maximum absolute atomic E-state index is 11.5. The molecule has 0 unspecified atom stereocenters. The van der Waals surface area contributed by atoms with Crippen LogP contribution in [-0.4, -0.2) is 20.6 Å². The lowest BCUT2D eigenvalue weighted by Gasteiger charge is -2.00. The van der Waals surface area contributed by atoms with Crippen molar-refractivity contribution >= 4 is 17.3 Å². The van der Waals surface area contributed by atoms with Crippen molar-refractivity contribution in [3.8, 4) is 0 Å². The van der Waals surface area contributed by atoms with Gasteiger partial charge in [0.1, 0.15) is 5.01 Å². The Morgan fingerprint density at radius 1 is 1.47 bits per heavy atom. The van der Waals surface area contributed by atoms with Gasteiger partial charge >= 0.3 is 5.97 Å². The van der Waals surface area contributed by atoms with Gasteiger partial charge in [-0.3, -0.25) is 9.59 Å². The Hall–Kier alpha value is -1.95. The quantitative estimate of drug-likeness (QED) is 0.878. The van der Waals surface area contributed by atoms with Crippen LogP contribution in [0.15, 0.2) is 34.6 Å². The summed E-state index contributed by atoms with van der Waals surface area (Å²) in [6.07, 6.45) is 1.60. The molecular formula is C11H10N2O3S. The third-order valence-corrected chi connectivity index (χ3v) is 3.02. The number of carboxylic acids is 1. The summed E-state index contributed by atoms with van der Waals surface area (Å²) in [7, 11) is 0. The van der Waals surface area contributed by atoms with E-state index in [4.69, 9.17) is 5.11 Å². The predicted octanol–water partition coefficient (Wildman–Crippen LogP) is 0.980. The van der Waals surface area contributed by atoms with Gasteiger partial charge in [0.2, 0.25) is 0 Å². The summed E-state index contributed by atoms with van der Waals surface area (Å²) in [6, 6.07) is 4.93. The van der Waals surface area contributed by atoms with E-state index in [1.54, 1.807) is 23.7 Å². The molecule has 0 aliphatic heterocycles. The van der Waals surface area contributed by atoms with Crippen LogP contribution in [0.4, 0.5) is 0 Å². The van der Waals surface area contributed by atoms with Gasteiger partial charge in [-0.15, -0.1) is 11.3 Å². The molecule has 17 heavy (non-hydrogen) atoms. The van der Waals surface area contributed by atoms with E-state index in [-0.39, 0.29) is 12.0 Å². The molecule has 1 N–H and O–H groups in total. The van der Waals surface area contributed by atoms with Gasteiger partial charge < -0.3 is 9.67 Å². The minimum absolute atomic E-state index is 0.0831. The zero-order valence-electron chi connectivity index (χ0n) is 8.87. The molecular weight excluding hydrogens is 240 g/mol. The Morgan fingerprint density at radius 2 is 2.29 bits per heavy atom. The molecule has 0 radical (unpaired) electrons. The molecule has 0 bridgehead atoms. The van der Waals surface area contributed by atoms with Crippen LogP contribution in [0.3, 0.4) is 0 Å². The molecule has 2 aromatic rings. The van der Waals surface area contributed by atoms with Crippen molar-refractivity contribution in [3.63, 3.8) is 0 Å². The van der Waals surface area contributed by atoms with Crippen LogP contribution in [0.25, 0.3) is 0 Å². The number of nitrogens with zero attached hydrogens (tertiary/aromatic N) is 2. The monoisotopic (exact) mass is 250 g/mol. The lowest BCUT2D eigenvalue weighted by molar-refractivity contribution is -0.136. The predicted molar refractivity (Wildman–Crippen MR) is 63.3 cm³/mol. The Morgan fingerprint density at radius 3 is 3.00 bits per heavy atom. The highest BCUT2D eigenvalue weighted by Gasteiger charge is 2.06. The van der Waals surface area contributed by atoms with E-state index in [9.17, 15) is 9.59 Å². The smallest absolute Gasteiger partial charge is 0.309 e. The summed E-state index contributed by atoms with van der Waals surface area (Å²) in [4.78, 5) is 26.1. The van der Waals surface area contributed by atoms with Crippen LogP contribution >= 0.6 is 11.3 Å². The number of pyridine rings is 1. The molecule has 0 fully saturated rings. The first-order valence-electron chi connectivity index (χ1n) is 4.95. The number of aromatic nitrogens is 2. The molecule has 0 aromatic carbocycles. The summed E-state index contributed by atoms with van der Waals surface area (Å²) < 4.78 is 1.53. The van der Waals surface area contributed by atoms with Crippen molar-refractivity contribution in [2.75, 3.05) is 0 Å². The molecule has 0 aliphatic carbocycles. The fourth-order valence-electron chi connectivity index (χ4n) is 1.39. The second-order valence-corrected chi connectivity index (χ2v) is 4.41. The van der Waals surface area contributed by atoms with Crippen molar-refractivity contribution in [2.24, 2.45) is 0 Å². The highest BCUT2D eigenvalue weighted by atomic mass is 32.1. The fraction of sp³-hybridized carbons (Fsp3) is 0.182. The summed E-state index contributed by atoms with van der Waals surface area (Å²) in [5, 5.41) is 11.1. The zero-order valence-corrected chi connectivity index (χ0v) is 9.68. The SMILES string of the molecule is O=C(O)Cc1csc(Cn2ccccc2=O)n1. The zero-order chi connectivity index (χ0) is 12.3. The number of aliphatic carboxylic acids is 1. The lowest BCUT2D eigenvalue weighted by Crippen LogP contribution is -2.18. The summed E-state index contributed by atoms with van der Waals surface area (Å²) in [5.74, 6) is -0.904. The first-order chi connectivity index (χ1) is 8.15. The van der Waals surface area contributed by atoms with Crippen LogP contribution in [0.1, 0.15) is 10.7 Å². The van der Waals surface area contributed by atoms with Crippen LogP contribution in [0.2, 0.25) is 0 Å². The van der Waals surface area contributed by atoms with Crippen LogP contribution in [-0.2, 0) is 17.8 Å². The van der Waals surface area contributed by atoms with E-state index >= 15 is 0 Å². The highest BCUT2D eigenvalue weighted by Crippen LogP contribution is 2.11. The Labute approximate surface area is 101 Å². The Bertz CT molecular complexity index is 588. The molecule has 2 rings (SSSR count). The Balaban J connectivity index is 2.14. The molecule has 0 saturated carbocycles. The van der Waals surface area contributed by atoms with E-state index in [1.807, 2.05) is 0 Å². The van der Waals surface area contributed by atoms with Crippen LogP contribution < -0.4 is 5.56 Å². The average Bonchev–Trinajstić information content (AvgIpc) is 2.68. The Kier molecular flexibility index (Phi) is 3.34. The van der Waals surface area contributed by atoms with E-state index in [1.165, 1.54) is 22.0 Å². The fourth-order valence-corrected chi connectivity index (χ4v) is 2.19. The molecule has 0 amide bonds. The number of hydrogen-bond donors (Lipinski definition) is 1. The normalized spacial score (nSPS) is 10.4. The molecule has 88 valence electrons. The first kappa shape index (κ1) is 11.5. The van der Waals surface area contributed by atoms with Gasteiger partial charge in [0.25, 0.3) is 5.56 Å². The van der Waals surface area contributed by atoms with Gasteiger partial charge in [0.15, 0.2) is 0 Å². The van der Waals surface area contributed by atoms with Gasteiger partial charge in [-0.25, -0.2) is 4.98 Å². The summed E-state index contributed by atoms with van der Waals surface area (Å²) in [6.45, 7) is 0.379. The van der Waals surface area contributed by atoms with Crippen molar-refractivity contribution in [1.82, 2.24) is 9.55 Å². The maximum Gasteiger partial charge on any atom is 0.309 e. The standard InChI is InChI=1S/C11H10N2O3S/c14-10-3-1-2-4-13(10)6-9-12-8(7-17-9)5-11(15)16/h1-4,7H,5-6H2,(H,15,16). The van der Waals surface area contributed by atoms with E-state index < -0.39 is 5.97 Å². The molecule has 5 nitrogen and oxygen atoms in total. The van der Waals surface area contributed by atoms with Gasteiger partial charge in [-0.05, 0) is 6.07 Å². The minimum Gasteiger partial charge on any atom is -0.481 e. The van der Waals surface area contributed by atoms with Crippen molar-refractivity contribution in [1.29, 1.82) is 0 Å². The van der Waals surface area contributed by atoms with Gasteiger partial charge in [0, 0.05) is 17.6 Å². The average molecular weight is 250 g/mol. The second-order valence-electron chi connectivity index (χ2n) is 3.47. The summed E-state index contributed by atoms with van der Waals surface area (Å²) in [5.41, 5.74) is 0.434. The van der Waals surface area contributed by atoms with E-state index in [0.717, 1.165) is 5.01 Å². The van der Waals surface area contributed by atoms with Crippen LogP contribution in [0.5, 0.6) is 0 Å². The third-order valence-electron chi connectivity index (χ3n) is 2.14. The lowest BCUT2D eigenvalue weighted by atomic mass is 10.3. The van der Waals surface area contributed by atoms with Crippen molar-refractivity contribution < 1.29 is 9.90 Å². The second kappa shape index (κ2) is 4.92. The topological polar surface area (TPSA) is 72.2 Å². The first-order valence-corrected chi connectivity index (χ1v) is 5.83. The number of hydrogen-bond acceptors (Lipinski definition) is 4. The van der Waals surface area contributed by atoms with Gasteiger partial charge in [-0.1, -0.05) is 6.07 Å². The van der Waals surface area contributed by atoms with Gasteiger partial charge in [0.05, 0.1) is 18.7 Å². The summed E-state index contributed by atoms with van der Waals surface area (Å²) >= 11 is 1.36. The molecule has 2 aromatic heterocycles. The van der Waals surface area contributed by atoms with Crippen molar-refractivity contribution in [2.45, 2.75) is 13.0 Å². The van der Waals surface area contributed by atoms with E-state index in [0.29, 0.717) is 12.2 Å². The maximum atomic E-state index is 11.5. The molecule has 0 atom stereocenters. The molecule has 2 heterocycles. The minimum atomic E-state index is -0.904. The van der Waals surface area contributed by atoms with E-state index in [2.05, 4.69) is 4.98 Å². The molecule has 6 heteroatoms. The third kappa shape index (κ3) is 3.01. The number of carbonyl (C=O) groups is 1. The molecule has 0 spiro atoms. The number of rotatable bonds is 4. The van der Waals surface area contributed by atoms with Crippen LogP contribution in [0, 0.1) is 0 Å². The largest absolute Gasteiger partial charge is 0.481 e. The number of carboxylic acid groups (broad SMARTS) is 1. The highest BCUT2D eigenvalue weighted by molar-refractivity contribution is 7.09. The van der Waals surface area contributed by atoms with Crippen molar-refractivity contribution in [3.05, 3.63) is 50.8 Å². The molecule has 0 saturated heterocycles.